The number of carbonyl (C=O) groups is 4. The number of aromatic nitrogens is 4. The molecule has 2 aromatic heterocycles. The minimum atomic E-state index is -0.541. The Morgan fingerprint density at radius 3 is 1.44 bits per heavy atom. The van der Waals surface area contributed by atoms with E-state index in [0.717, 1.165) is 48.3 Å². The van der Waals surface area contributed by atoms with Gasteiger partial charge in [0.2, 0.25) is 11.8 Å². The summed E-state index contributed by atoms with van der Waals surface area (Å²) in [7, 11) is 3.92. The number of para-hydroxylation sites is 2. The van der Waals surface area contributed by atoms with E-state index in [-0.39, 0.29) is 23.9 Å². The molecule has 340 valence electrons. The number of amides is 4. The van der Waals surface area contributed by atoms with Crippen LogP contribution in [0.2, 0.25) is 0 Å². The topological polar surface area (TPSA) is 184 Å². The van der Waals surface area contributed by atoms with Crippen molar-refractivity contribution >= 4 is 23.6 Å². The first-order chi connectivity index (χ1) is 31.9. The van der Waals surface area contributed by atoms with Crippen molar-refractivity contribution in [2.75, 3.05) is 46.8 Å². The Balaban J connectivity index is 0.000000198. The molecule has 0 bridgehead atoms. The maximum atomic E-state index is 12.6. The molecule has 2 aliphatic heterocycles. The zero-order valence-electron chi connectivity index (χ0n) is 37.2. The van der Waals surface area contributed by atoms with Crippen LogP contribution in [0.25, 0.3) is 22.5 Å². The zero-order valence-corrected chi connectivity index (χ0v) is 37.2. The SMILES string of the molecule is C=CC(=O)N1CCC[C@@H](n2cc(C(N)=O)c(-c3ccc(Oc4ccccc4)cc3)n2)C1.CN(C)C/C=C/C(=O)N1CCC[C@@H](n2cc(C(N)=O)c(-c3ccc(Oc4ccccc4)cc3)n2)C1. The molecule has 2 aliphatic rings. The van der Waals surface area contributed by atoms with Crippen molar-refractivity contribution < 1.29 is 28.7 Å². The third kappa shape index (κ3) is 11.9. The maximum Gasteiger partial charge on any atom is 0.252 e. The Morgan fingerprint density at radius 2 is 1.05 bits per heavy atom. The number of nitrogens with zero attached hydrogens (tertiary/aromatic N) is 7. The summed E-state index contributed by atoms with van der Waals surface area (Å²) < 4.78 is 15.2. The number of likely N-dealkylation sites (N-methyl/N-ethyl adjacent to an activating group) is 1. The molecule has 8 rings (SSSR count). The number of carbonyl (C=O) groups excluding carboxylic acids is 4. The minimum absolute atomic E-state index is 0.00643. The van der Waals surface area contributed by atoms with Gasteiger partial charge in [0.05, 0.1) is 23.2 Å². The minimum Gasteiger partial charge on any atom is -0.457 e. The van der Waals surface area contributed by atoms with Crippen molar-refractivity contribution in [3.05, 3.63) is 158 Å². The van der Waals surface area contributed by atoms with E-state index in [2.05, 4.69) is 11.7 Å². The van der Waals surface area contributed by atoms with E-state index in [0.29, 0.717) is 66.7 Å². The van der Waals surface area contributed by atoms with Crippen molar-refractivity contribution in [1.29, 1.82) is 0 Å². The number of benzene rings is 4. The normalized spacial score (nSPS) is 16.0. The number of hydrogen-bond donors (Lipinski definition) is 2. The quantitative estimate of drug-likeness (QED) is 0.105. The van der Waals surface area contributed by atoms with Gasteiger partial charge in [-0.3, -0.25) is 28.5 Å². The van der Waals surface area contributed by atoms with Crippen molar-refractivity contribution in [1.82, 2.24) is 34.3 Å². The Labute approximate surface area is 384 Å². The molecule has 15 nitrogen and oxygen atoms in total. The van der Waals surface area contributed by atoms with Gasteiger partial charge in [-0.05, 0) is 119 Å². The van der Waals surface area contributed by atoms with Crippen molar-refractivity contribution in [2.24, 2.45) is 11.5 Å². The molecule has 4 N–H and O–H groups in total. The van der Waals surface area contributed by atoms with Crippen LogP contribution in [0.15, 0.2) is 146 Å². The van der Waals surface area contributed by atoms with Gasteiger partial charge < -0.3 is 35.6 Å². The van der Waals surface area contributed by atoms with E-state index in [1.807, 2.05) is 139 Å². The largest absolute Gasteiger partial charge is 0.457 e. The molecule has 4 aromatic carbocycles. The number of hydrogen-bond acceptors (Lipinski definition) is 9. The molecule has 0 aliphatic carbocycles. The lowest BCUT2D eigenvalue weighted by molar-refractivity contribution is -0.128. The molecule has 4 heterocycles. The van der Waals surface area contributed by atoms with Crippen molar-refractivity contribution in [3.8, 4) is 45.5 Å². The summed E-state index contributed by atoms with van der Waals surface area (Å²) in [5.41, 5.74) is 14.6. The third-order valence-corrected chi connectivity index (χ3v) is 11.3. The van der Waals surface area contributed by atoms with E-state index in [1.165, 1.54) is 6.08 Å². The molecule has 2 atom stereocenters. The first-order valence-electron chi connectivity index (χ1n) is 21.9. The summed E-state index contributed by atoms with van der Waals surface area (Å²) in [6.07, 6.45) is 11.7. The average Bonchev–Trinajstić information content (AvgIpc) is 4.00. The van der Waals surface area contributed by atoms with Gasteiger partial charge in [0.15, 0.2) is 0 Å². The van der Waals surface area contributed by atoms with E-state index in [4.69, 9.17) is 26.0 Å². The van der Waals surface area contributed by atoms with Crippen LogP contribution in [0.4, 0.5) is 0 Å². The molecule has 2 saturated heterocycles. The highest BCUT2D eigenvalue weighted by atomic mass is 16.5. The second-order valence-electron chi connectivity index (χ2n) is 16.4. The van der Waals surface area contributed by atoms with Crippen molar-refractivity contribution in [2.45, 2.75) is 37.8 Å². The Morgan fingerprint density at radius 1 is 0.636 bits per heavy atom. The van der Waals surface area contributed by atoms with Gasteiger partial charge in [0.25, 0.3) is 11.8 Å². The lowest BCUT2D eigenvalue weighted by Crippen LogP contribution is -2.40. The summed E-state index contributed by atoms with van der Waals surface area (Å²) in [4.78, 5) is 54.5. The summed E-state index contributed by atoms with van der Waals surface area (Å²) in [5.74, 6) is 1.68. The summed E-state index contributed by atoms with van der Waals surface area (Å²) in [6.45, 7) is 6.74. The number of primary amides is 2. The summed E-state index contributed by atoms with van der Waals surface area (Å²) >= 11 is 0. The van der Waals surface area contributed by atoms with E-state index in [9.17, 15) is 19.2 Å². The molecule has 66 heavy (non-hydrogen) atoms. The molecule has 0 saturated carbocycles. The van der Waals surface area contributed by atoms with Gasteiger partial charge in [-0.25, -0.2) is 0 Å². The molecular weight excluding hydrogens is 835 g/mol. The fourth-order valence-corrected chi connectivity index (χ4v) is 7.90. The first kappa shape index (κ1) is 46.2. The molecule has 15 heteroatoms. The Kier molecular flexibility index (Phi) is 15.2. The van der Waals surface area contributed by atoms with Gasteiger partial charge in [0, 0.05) is 62.3 Å². The fourth-order valence-electron chi connectivity index (χ4n) is 7.90. The van der Waals surface area contributed by atoms with Gasteiger partial charge in [0.1, 0.15) is 34.4 Å². The average molecular weight is 890 g/mol. The molecular formula is C51H55N9O6. The fraction of sp³-hybridized carbons (Fsp3) is 0.255. The van der Waals surface area contributed by atoms with E-state index < -0.39 is 11.8 Å². The van der Waals surface area contributed by atoms with Crippen LogP contribution in [-0.4, -0.2) is 105 Å². The lowest BCUT2D eigenvalue weighted by Gasteiger charge is -2.32. The molecule has 0 spiro atoms. The molecule has 2 fully saturated rings. The van der Waals surface area contributed by atoms with Crippen LogP contribution >= 0.6 is 0 Å². The van der Waals surface area contributed by atoms with E-state index >= 15 is 0 Å². The lowest BCUT2D eigenvalue weighted by atomic mass is 10.1. The second-order valence-corrected chi connectivity index (χ2v) is 16.4. The molecule has 0 radical (unpaired) electrons. The summed E-state index contributed by atoms with van der Waals surface area (Å²) in [5, 5.41) is 9.40. The predicted octanol–water partition coefficient (Wildman–Crippen LogP) is 7.51. The van der Waals surface area contributed by atoms with Crippen LogP contribution in [0.3, 0.4) is 0 Å². The number of likely N-dealkylation sites (tertiary alicyclic amines) is 2. The maximum absolute atomic E-state index is 12.6. The van der Waals surface area contributed by atoms with Crippen molar-refractivity contribution in [3.63, 3.8) is 0 Å². The van der Waals surface area contributed by atoms with Crippen LogP contribution in [0.1, 0.15) is 58.5 Å². The monoisotopic (exact) mass is 889 g/mol. The van der Waals surface area contributed by atoms with Gasteiger partial charge in [-0.15, -0.1) is 0 Å². The second kappa shape index (κ2) is 21.7. The van der Waals surface area contributed by atoms with Crippen LogP contribution < -0.4 is 20.9 Å². The van der Waals surface area contributed by atoms with E-state index in [1.54, 1.807) is 32.7 Å². The number of nitrogens with two attached hydrogens (primary N) is 2. The number of piperidine rings is 2. The summed E-state index contributed by atoms with van der Waals surface area (Å²) in [6, 6.07) is 33.8. The standard InChI is InChI=1S/C27H31N5O3.C24H24N4O3/c1-30(2)16-7-11-25(33)31-17-6-8-21(18-31)32-19-24(27(28)34)26(29-32)20-12-14-23(15-13-20)35-22-9-4-3-5-10-22;1-2-22(29)27-14-6-7-18(15-27)28-16-21(24(25)30)23(26-28)17-10-12-20(13-11-17)31-19-8-4-3-5-9-19/h3-5,7,9-15,19,21H,6,8,16-18H2,1-2H3,(H2,28,34);2-5,8-13,16,18H,1,6-7,14-15H2,(H2,25,30)/b11-7+;/t21-;18-/m11/s1. The molecule has 0 unspecified atom stereocenters. The predicted molar refractivity (Wildman–Crippen MR) is 253 cm³/mol. The third-order valence-electron chi connectivity index (χ3n) is 11.3. The first-order valence-corrected chi connectivity index (χ1v) is 21.9. The molecule has 6 aromatic rings. The Hall–Kier alpha value is -7.78. The van der Waals surface area contributed by atoms with Crippen LogP contribution in [-0.2, 0) is 9.59 Å². The van der Waals surface area contributed by atoms with Crippen LogP contribution in [0, 0.1) is 0 Å². The van der Waals surface area contributed by atoms with Crippen LogP contribution in [0.5, 0.6) is 23.0 Å². The molecule has 4 amide bonds. The van der Waals surface area contributed by atoms with Gasteiger partial charge >= 0.3 is 0 Å². The zero-order chi connectivity index (χ0) is 46.6. The smallest absolute Gasteiger partial charge is 0.252 e. The highest BCUT2D eigenvalue weighted by Gasteiger charge is 2.28. The Bertz CT molecular complexity index is 2640. The highest BCUT2D eigenvalue weighted by molar-refractivity contribution is 5.99. The van der Waals surface area contributed by atoms with Gasteiger partial charge in [-0.1, -0.05) is 49.1 Å². The highest BCUT2D eigenvalue weighted by Crippen LogP contribution is 2.32. The van der Waals surface area contributed by atoms with Gasteiger partial charge in [-0.2, -0.15) is 10.2 Å². The number of rotatable bonds is 14. The number of ether oxygens (including phenoxy) is 2.